The summed E-state index contributed by atoms with van der Waals surface area (Å²) in [6, 6.07) is 14.8. The van der Waals surface area contributed by atoms with Gasteiger partial charge in [-0.3, -0.25) is 4.79 Å². The van der Waals surface area contributed by atoms with Gasteiger partial charge in [0, 0.05) is 22.7 Å². The molecule has 3 rings (SSSR count). The van der Waals surface area contributed by atoms with E-state index in [1.54, 1.807) is 12.1 Å². The van der Waals surface area contributed by atoms with Crippen molar-refractivity contribution in [2.75, 3.05) is 26.2 Å². The Balaban J connectivity index is 1.41. The third-order valence-corrected chi connectivity index (χ3v) is 4.97. The normalized spacial score (nSPS) is 14.3. The first-order valence-corrected chi connectivity index (χ1v) is 9.57. The fourth-order valence-corrected chi connectivity index (χ4v) is 3.28. The van der Waals surface area contributed by atoms with Crippen LogP contribution in [0.1, 0.15) is 35.2 Å². The van der Waals surface area contributed by atoms with Crippen LogP contribution in [0.15, 0.2) is 48.5 Å². The quantitative estimate of drug-likeness (QED) is 0.708. The molecular weight excluding hydrogens is 348 g/mol. The second-order valence-corrected chi connectivity index (χ2v) is 6.97. The van der Waals surface area contributed by atoms with Crippen molar-refractivity contribution in [3.05, 3.63) is 64.7 Å². The maximum Gasteiger partial charge on any atom is 0.251 e. The Bertz CT molecular complexity index is 712. The highest BCUT2D eigenvalue weighted by molar-refractivity contribution is 6.31. The van der Waals surface area contributed by atoms with E-state index in [0.717, 1.165) is 24.3 Å². The van der Waals surface area contributed by atoms with Crippen molar-refractivity contribution in [1.82, 2.24) is 10.2 Å². The second-order valence-electron chi connectivity index (χ2n) is 6.56. The first-order chi connectivity index (χ1) is 12.7. The summed E-state index contributed by atoms with van der Waals surface area (Å²) in [5.41, 5.74) is 1.59. The van der Waals surface area contributed by atoms with Crippen molar-refractivity contribution in [3.63, 3.8) is 0 Å². The predicted octanol–water partition coefficient (Wildman–Crippen LogP) is 4.13. The minimum atomic E-state index is -0.0379. The minimum Gasteiger partial charge on any atom is -0.489 e. The standard InChI is InChI=1S/C21H25ClN2O2/c22-20-7-2-1-6-18(20)16-26-19-10-8-17(9-11-19)21(25)23-12-5-15-24-13-3-4-14-24/h1-2,6-11H,3-5,12-16H2,(H,23,25). The Morgan fingerprint density at radius 2 is 1.81 bits per heavy atom. The molecule has 0 bridgehead atoms. The van der Waals surface area contributed by atoms with E-state index in [2.05, 4.69) is 10.2 Å². The van der Waals surface area contributed by atoms with Crippen LogP contribution in [0.25, 0.3) is 0 Å². The van der Waals surface area contributed by atoms with Crippen LogP contribution >= 0.6 is 11.6 Å². The Hall–Kier alpha value is -2.04. The van der Waals surface area contributed by atoms with E-state index in [1.165, 1.54) is 25.9 Å². The van der Waals surface area contributed by atoms with Gasteiger partial charge in [0.1, 0.15) is 12.4 Å². The van der Waals surface area contributed by atoms with Crippen molar-refractivity contribution in [3.8, 4) is 5.75 Å². The van der Waals surface area contributed by atoms with Gasteiger partial charge in [-0.2, -0.15) is 0 Å². The van der Waals surface area contributed by atoms with Crippen molar-refractivity contribution in [1.29, 1.82) is 0 Å². The zero-order chi connectivity index (χ0) is 18.2. The lowest BCUT2D eigenvalue weighted by molar-refractivity contribution is 0.0952. The topological polar surface area (TPSA) is 41.6 Å². The molecule has 0 unspecified atom stereocenters. The number of rotatable bonds is 8. The van der Waals surface area contributed by atoms with Gasteiger partial charge in [0.25, 0.3) is 5.91 Å². The summed E-state index contributed by atoms with van der Waals surface area (Å²) < 4.78 is 5.74. The second kappa shape index (κ2) is 9.60. The fraction of sp³-hybridized carbons (Fsp3) is 0.381. The molecular formula is C21H25ClN2O2. The summed E-state index contributed by atoms with van der Waals surface area (Å²) in [7, 11) is 0. The molecule has 0 saturated carbocycles. The third kappa shape index (κ3) is 5.48. The van der Waals surface area contributed by atoms with Crippen LogP contribution in [-0.4, -0.2) is 37.0 Å². The van der Waals surface area contributed by atoms with E-state index in [0.29, 0.717) is 23.7 Å². The average molecular weight is 373 g/mol. The number of ether oxygens (including phenoxy) is 1. The summed E-state index contributed by atoms with van der Waals surface area (Å²) >= 11 is 6.12. The van der Waals surface area contributed by atoms with E-state index in [1.807, 2.05) is 36.4 Å². The Morgan fingerprint density at radius 1 is 1.08 bits per heavy atom. The first kappa shape index (κ1) is 18.7. The van der Waals surface area contributed by atoms with Crippen molar-refractivity contribution in [2.24, 2.45) is 0 Å². The monoisotopic (exact) mass is 372 g/mol. The number of carbonyl (C=O) groups excluding carboxylic acids is 1. The number of amides is 1. The molecule has 26 heavy (non-hydrogen) atoms. The summed E-state index contributed by atoms with van der Waals surface area (Å²) in [6.45, 7) is 4.57. The van der Waals surface area contributed by atoms with Gasteiger partial charge in [0.05, 0.1) is 0 Å². The molecule has 1 aliphatic rings. The predicted molar refractivity (Wildman–Crippen MR) is 105 cm³/mol. The number of hydrogen-bond acceptors (Lipinski definition) is 3. The number of benzene rings is 2. The summed E-state index contributed by atoms with van der Waals surface area (Å²) in [5.74, 6) is 0.680. The number of nitrogens with one attached hydrogen (secondary N) is 1. The summed E-state index contributed by atoms with van der Waals surface area (Å²) in [5, 5.41) is 3.68. The van der Waals surface area contributed by atoms with E-state index >= 15 is 0 Å². The van der Waals surface area contributed by atoms with Gasteiger partial charge < -0.3 is 15.0 Å². The largest absolute Gasteiger partial charge is 0.489 e. The smallest absolute Gasteiger partial charge is 0.251 e. The maximum absolute atomic E-state index is 12.2. The van der Waals surface area contributed by atoms with Crippen LogP contribution in [-0.2, 0) is 6.61 Å². The molecule has 0 aromatic heterocycles. The highest BCUT2D eigenvalue weighted by Gasteiger charge is 2.11. The molecule has 138 valence electrons. The fourth-order valence-electron chi connectivity index (χ4n) is 3.09. The molecule has 1 heterocycles. The highest BCUT2D eigenvalue weighted by Crippen LogP contribution is 2.19. The molecule has 1 aliphatic heterocycles. The van der Waals surface area contributed by atoms with Crippen LogP contribution in [0, 0.1) is 0 Å². The molecule has 5 heteroatoms. The zero-order valence-electron chi connectivity index (χ0n) is 14.9. The number of nitrogens with zero attached hydrogens (tertiary/aromatic N) is 1. The molecule has 0 aliphatic carbocycles. The maximum atomic E-state index is 12.2. The van der Waals surface area contributed by atoms with Gasteiger partial charge in [0.15, 0.2) is 0 Å². The first-order valence-electron chi connectivity index (χ1n) is 9.19. The number of carbonyl (C=O) groups is 1. The van der Waals surface area contributed by atoms with Gasteiger partial charge in [-0.15, -0.1) is 0 Å². The molecule has 1 amide bonds. The van der Waals surface area contributed by atoms with Gasteiger partial charge in [-0.05, 0) is 69.2 Å². The van der Waals surface area contributed by atoms with E-state index in [4.69, 9.17) is 16.3 Å². The molecule has 2 aromatic rings. The Morgan fingerprint density at radius 3 is 2.54 bits per heavy atom. The molecule has 2 aromatic carbocycles. The third-order valence-electron chi connectivity index (χ3n) is 4.60. The van der Waals surface area contributed by atoms with Crippen LogP contribution in [0.3, 0.4) is 0 Å². The average Bonchev–Trinajstić information content (AvgIpc) is 3.18. The molecule has 1 saturated heterocycles. The minimum absolute atomic E-state index is 0.0379. The molecule has 0 atom stereocenters. The van der Waals surface area contributed by atoms with Gasteiger partial charge in [-0.1, -0.05) is 29.8 Å². The number of likely N-dealkylation sites (tertiary alicyclic amines) is 1. The van der Waals surface area contributed by atoms with Gasteiger partial charge >= 0.3 is 0 Å². The van der Waals surface area contributed by atoms with E-state index in [9.17, 15) is 4.79 Å². The van der Waals surface area contributed by atoms with E-state index < -0.39 is 0 Å². The molecule has 0 radical (unpaired) electrons. The number of hydrogen-bond donors (Lipinski definition) is 1. The highest BCUT2D eigenvalue weighted by atomic mass is 35.5. The van der Waals surface area contributed by atoms with Crippen LogP contribution in [0.2, 0.25) is 5.02 Å². The van der Waals surface area contributed by atoms with Gasteiger partial charge in [-0.25, -0.2) is 0 Å². The lowest BCUT2D eigenvalue weighted by atomic mass is 10.2. The van der Waals surface area contributed by atoms with E-state index in [-0.39, 0.29) is 5.91 Å². The van der Waals surface area contributed by atoms with Crippen LogP contribution in [0.4, 0.5) is 0 Å². The SMILES string of the molecule is O=C(NCCCN1CCCC1)c1ccc(OCc2ccccc2Cl)cc1. The Labute approximate surface area is 160 Å². The van der Waals surface area contributed by atoms with Crippen molar-refractivity contribution < 1.29 is 9.53 Å². The Kier molecular flexibility index (Phi) is 6.92. The summed E-state index contributed by atoms with van der Waals surface area (Å²) in [4.78, 5) is 14.6. The number of halogens is 1. The lowest BCUT2D eigenvalue weighted by Crippen LogP contribution is -2.28. The zero-order valence-corrected chi connectivity index (χ0v) is 15.7. The van der Waals surface area contributed by atoms with Gasteiger partial charge in [0.2, 0.25) is 0 Å². The molecule has 1 N–H and O–H groups in total. The molecule has 1 fully saturated rings. The van der Waals surface area contributed by atoms with Crippen molar-refractivity contribution >= 4 is 17.5 Å². The van der Waals surface area contributed by atoms with Crippen LogP contribution < -0.4 is 10.1 Å². The van der Waals surface area contributed by atoms with Crippen LogP contribution in [0.5, 0.6) is 5.75 Å². The molecule has 0 spiro atoms. The summed E-state index contributed by atoms with van der Waals surface area (Å²) in [6.07, 6.45) is 3.60. The molecule has 4 nitrogen and oxygen atoms in total. The lowest BCUT2D eigenvalue weighted by Gasteiger charge is -2.14. The van der Waals surface area contributed by atoms with Crippen molar-refractivity contribution in [2.45, 2.75) is 25.9 Å².